The maximum atomic E-state index is 12.4. The highest BCUT2D eigenvalue weighted by atomic mass is 79.9. The van der Waals surface area contributed by atoms with Crippen LogP contribution < -0.4 is 5.32 Å². The highest BCUT2D eigenvalue weighted by Gasteiger charge is 2.27. The molecule has 6 heteroatoms. The van der Waals surface area contributed by atoms with Crippen molar-refractivity contribution in [1.82, 2.24) is 4.57 Å². The number of carbonyl (C=O) groups is 1. The molecule has 0 spiro atoms. The molecular formula is C14H11Br2ClN2O. The van der Waals surface area contributed by atoms with E-state index in [0.717, 1.165) is 21.8 Å². The minimum Gasteiger partial charge on any atom is -0.339 e. The van der Waals surface area contributed by atoms with Gasteiger partial charge in [-0.3, -0.25) is 4.79 Å². The molecule has 3 nitrogen and oxygen atoms in total. The van der Waals surface area contributed by atoms with E-state index in [1.165, 1.54) is 0 Å². The second kappa shape index (κ2) is 5.54. The minimum atomic E-state index is -0.150. The highest BCUT2D eigenvalue weighted by Crippen LogP contribution is 2.37. The standard InChI is InChI=1S/C14H11Br2ClN2O/c15-8-1-4-11(17)12(5-8)18-14(20)13-6-9(16)7-19(13)10-2-3-10/h1,4-7,10H,2-3H2,(H,18,20). The van der Waals surface area contributed by atoms with E-state index < -0.39 is 0 Å². The number of nitrogens with zero attached hydrogens (tertiary/aromatic N) is 1. The number of amides is 1. The van der Waals surface area contributed by atoms with Crippen molar-refractivity contribution < 1.29 is 4.79 Å². The maximum absolute atomic E-state index is 12.4. The Kier molecular flexibility index (Phi) is 3.93. The van der Waals surface area contributed by atoms with Crippen molar-refractivity contribution >= 4 is 55.1 Å². The van der Waals surface area contributed by atoms with Crippen LogP contribution in [0.3, 0.4) is 0 Å². The fourth-order valence-electron chi connectivity index (χ4n) is 2.06. The zero-order chi connectivity index (χ0) is 14.3. The van der Waals surface area contributed by atoms with Crippen LogP contribution in [0.25, 0.3) is 0 Å². The van der Waals surface area contributed by atoms with Gasteiger partial charge in [0, 0.05) is 21.2 Å². The average Bonchev–Trinajstić information content (AvgIpc) is 3.17. The van der Waals surface area contributed by atoms with Crippen LogP contribution in [-0.4, -0.2) is 10.5 Å². The summed E-state index contributed by atoms with van der Waals surface area (Å²) >= 11 is 12.9. The second-order valence-electron chi connectivity index (χ2n) is 4.76. The molecule has 20 heavy (non-hydrogen) atoms. The van der Waals surface area contributed by atoms with Crippen LogP contribution in [0.4, 0.5) is 5.69 Å². The molecule has 3 rings (SSSR count). The van der Waals surface area contributed by atoms with Gasteiger partial charge in [-0.15, -0.1) is 0 Å². The van der Waals surface area contributed by atoms with E-state index in [9.17, 15) is 4.79 Å². The fourth-order valence-corrected chi connectivity index (χ4v) is 3.03. The van der Waals surface area contributed by atoms with Crippen LogP contribution >= 0.6 is 43.5 Å². The van der Waals surface area contributed by atoms with E-state index in [1.807, 2.05) is 22.9 Å². The number of aromatic nitrogens is 1. The van der Waals surface area contributed by atoms with Crippen molar-refractivity contribution in [1.29, 1.82) is 0 Å². The predicted octanol–water partition coefficient (Wildman–Crippen LogP) is 5.25. The lowest BCUT2D eigenvalue weighted by Crippen LogP contribution is -2.16. The molecule has 1 N–H and O–H groups in total. The topological polar surface area (TPSA) is 34.0 Å². The third-order valence-electron chi connectivity index (χ3n) is 3.16. The maximum Gasteiger partial charge on any atom is 0.272 e. The van der Waals surface area contributed by atoms with Crippen molar-refractivity contribution in [3.8, 4) is 0 Å². The van der Waals surface area contributed by atoms with Gasteiger partial charge in [-0.05, 0) is 53.0 Å². The largest absolute Gasteiger partial charge is 0.339 e. The molecule has 1 aromatic heterocycles. The summed E-state index contributed by atoms with van der Waals surface area (Å²) < 4.78 is 3.80. The Morgan fingerprint density at radius 3 is 2.70 bits per heavy atom. The van der Waals surface area contributed by atoms with Crippen molar-refractivity contribution in [3.63, 3.8) is 0 Å². The second-order valence-corrected chi connectivity index (χ2v) is 7.00. The van der Waals surface area contributed by atoms with Crippen molar-refractivity contribution in [3.05, 3.63) is 50.1 Å². The number of hydrogen-bond donors (Lipinski definition) is 1. The van der Waals surface area contributed by atoms with E-state index in [4.69, 9.17) is 11.6 Å². The SMILES string of the molecule is O=C(Nc1cc(Br)ccc1Cl)c1cc(Br)cn1C1CC1. The van der Waals surface area contributed by atoms with Crippen LogP contribution in [-0.2, 0) is 0 Å². The Morgan fingerprint density at radius 2 is 2.00 bits per heavy atom. The Hall–Kier alpha value is -0.780. The summed E-state index contributed by atoms with van der Waals surface area (Å²) in [5, 5.41) is 3.38. The summed E-state index contributed by atoms with van der Waals surface area (Å²) in [7, 11) is 0. The Bertz CT molecular complexity index is 680. The first kappa shape index (κ1) is 14.2. The molecule has 0 radical (unpaired) electrons. The molecule has 0 unspecified atom stereocenters. The Labute approximate surface area is 138 Å². The smallest absolute Gasteiger partial charge is 0.272 e. The first-order valence-electron chi connectivity index (χ1n) is 6.18. The van der Waals surface area contributed by atoms with E-state index >= 15 is 0 Å². The van der Waals surface area contributed by atoms with E-state index in [0.29, 0.717) is 22.4 Å². The van der Waals surface area contributed by atoms with Gasteiger partial charge in [0.15, 0.2) is 0 Å². The molecule has 1 saturated carbocycles. The molecule has 1 aliphatic rings. The van der Waals surface area contributed by atoms with Crippen LogP contribution in [0.15, 0.2) is 39.4 Å². The van der Waals surface area contributed by atoms with Gasteiger partial charge in [-0.25, -0.2) is 0 Å². The number of rotatable bonds is 3. The number of carbonyl (C=O) groups excluding carboxylic acids is 1. The third-order valence-corrected chi connectivity index (χ3v) is 4.42. The van der Waals surface area contributed by atoms with Gasteiger partial charge in [-0.2, -0.15) is 0 Å². The van der Waals surface area contributed by atoms with Gasteiger partial charge in [-0.1, -0.05) is 27.5 Å². The summed E-state index contributed by atoms with van der Waals surface area (Å²) in [5.41, 5.74) is 1.25. The van der Waals surface area contributed by atoms with Crippen molar-refractivity contribution in [2.45, 2.75) is 18.9 Å². The zero-order valence-corrected chi connectivity index (χ0v) is 14.3. The summed E-state index contributed by atoms with van der Waals surface area (Å²) in [4.78, 5) is 12.4. The summed E-state index contributed by atoms with van der Waals surface area (Å²) in [6.07, 6.45) is 4.20. The fraction of sp³-hybridized carbons (Fsp3) is 0.214. The Morgan fingerprint density at radius 1 is 1.25 bits per heavy atom. The lowest BCUT2D eigenvalue weighted by Gasteiger charge is -2.10. The number of nitrogens with one attached hydrogen (secondary N) is 1. The number of benzene rings is 1. The molecular weight excluding hydrogens is 407 g/mol. The summed E-state index contributed by atoms with van der Waals surface area (Å²) in [5.74, 6) is -0.150. The van der Waals surface area contributed by atoms with Crippen molar-refractivity contribution in [2.24, 2.45) is 0 Å². The minimum absolute atomic E-state index is 0.150. The van der Waals surface area contributed by atoms with Crippen molar-refractivity contribution in [2.75, 3.05) is 5.32 Å². The molecule has 0 saturated heterocycles. The van der Waals surface area contributed by atoms with Crippen LogP contribution in [0.2, 0.25) is 5.02 Å². The summed E-state index contributed by atoms with van der Waals surface area (Å²) in [6, 6.07) is 7.65. The number of hydrogen-bond acceptors (Lipinski definition) is 1. The molecule has 2 aromatic rings. The van der Waals surface area contributed by atoms with Gasteiger partial charge in [0.25, 0.3) is 5.91 Å². The molecule has 1 fully saturated rings. The molecule has 1 aromatic carbocycles. The van der Waals surface area contributed by atoms with Gasteiger partial charge in [0.2, 0.25) is 0 Å². The number of anilines is 1. The molecule has 1 aliphatic carbocycles. The summed E-state index contributed by atoms with van der Waals surface area (Å²) in [6.45, 7) is 0. The first-order chi connectivity index (χ1) is 9.54. The van der Waals surface area contributed by atoms with E-state index in [2.05, 4.69) is 37.2 Å². The molecule has 0 bridgehead atoms. The van der Waals surface area contributed by atoms with Crippen LogP contribution in [0.5, 0.6) is 0 Å². The van der Waals surface area contributed by atoms with Gasteiger partial charge >= 0.3 is 0 Å². The lowest BCUT2D eigenvalue weighted by atomic mass is 10.3. The van der Waals surface area contributed by atoms with Gasteiger partial charge in [0.05, 0.1) is 10.7 Å². The average molecular weight is 419 g/mol. The predicted molar refractivity (Wildman–Crippen MR) is 87.5 cm³/mol. The molecule has 0 aliphatic heterocycles. The molecule has 1 amide bonds. The quantitative estimate of drug-likeness (QED) is 0.725. The number of halogens is 3. The van der Waals surface area contributed by atoms with Gasteiger partial charge < -0.3 is 9.88 Å². The lowest BCUT2D eigenvalue weighted by molar-refractivity contribution is 0.101. The Balaban J connectivity index is 1.87. The van der Waals surface area contributed by atoms with E-state index in [1.54, 1.807) is 12.1 Å². The van der Waals surface area contributed by atoms with E-state index in [-0.39, 0.29) is 5.91 Å². The third kappa shape index (κ3) is 2.95. The normalized spacial score (nSPS) is 14.3. The molecule has 0 atom stereocenters. The van der Waals surface area contributed by atoms with Crippen LogP contribution in [0, 0.1) is 0 Å². The first-order valence-corrected chi connectivity index (χ1v) is 8.15. The highest BCUT2D eigenvalue weighted by molar-refractivity contribution is 9.10. The molecule has 1 heterocycles. The van der Waals surface area contributed by atoms with Gasteiger partial charge in [0.1, 0.15) is 5.69 Å². The molecule has 104 valence electrons. The van der Waals surface area contributed by atoms with Crippen LogP contribution in [0.1, 0.15) is 29.4 Å². The monoisotopic (exact) mass is 416 g/mol. The zero-order valence-electron chi connectivity index (χ0n) is 10.4.